The average Bonchev–Trinajstić information content (AvgIpc) is 2.31. The lowest BCUT2D eigenvalue weighted by Gasteiger charge is -2.08. The van der Waals surface area contributed by atoms with Gasteiger partial charge in [0.2, 0.25) is 0 Å². The third-order valence-electron chi connectivity index (χ3n) is 1.98. The first kappa shape index (κ1) is 11.5. The quantitative estimate of drug-likeness (QED) is 0.703. The highest BCUT2D eigenvalue weighted by Crippen LogP contribution is 2.01. The molecule has 1 aromatic carbocycles. The number of benzene rings is 1. The summed E-state index contributed by atoms with van der Waals surface area (Å²) in [7, 11) is 0. The Hall–Kier alpha value is -1.56. The van der Waals surface area contributed by atoms with Crippen molar-refractivity contribution in [1.29, 1.82) is 0 Å². The summed E-state index contributed by atoms with van der Waals surface area (Å²) < 4.78 is 0. The SMILES string of the molecule is C#CCNC(/C=C/c1ccccc1)CO. The number of aliphatic hydroxyl groups excluding tert-OH is 1. The minimum Gasteiger partial charge on any atom is -0.394 e. The van der Waals surface area contributed by atoms with Crippen LogP contribution in [0.4, 0.5) is 0 Å². The van der Waals surface area contributed by atoms with Gasteiger partial charge in [0.1, 0.15) is 0 Å². The standard InChI is InChI=1S/C13H15NO/c1-2-10-14-13(11-15)9-8-12-6-4-3-5-7-12/h1,3-9,13-15H,10-11H2/b9-8+. The molecule has 0 bridgehead atoms. The highest BCUT2D eigenvalue weighted by atomic mass is 16.3. The first-order valence-electron chi connectivity index (χ1n) is 4.87. The zero-order chi connectivity index (χ0) is 10.9. The molecule has 0 aliphatic carbocycles. The van der Waals surface area contributed by atoms with Crippen molar-refractivity contribution in [2.45, 2.75) is 6.04 Å². The van der Waals surface area contributed by atoms with Gasteiger partial charge in [-0.15, -0.1) is 6.42 Å². The molecule has 0 fully saturated rings. The summed E-state index contributed by atoms with van der Waals surface area (Å²) in [4.78, 5) is 0. The molecule has 15 heavy (non-hydrogen) atoms. The van der Waals surface area contributed by atoms with E-state index in [1.54, 1.807) is 0 Å². The molecule has 2 heteroatoms. The summed E-state index contributed by atoms with van der Waals surface area (Å²) in [6.45, 7) is 0.509. The van der Waals surface area contributed by atoms with Gasteiger partial charge in [-0.2, -0.15) is 0 Å². The predicted molar refractivity (Wildman–Crippen MR) is 63.2 cm³/mol. The highest BCUT2D eigenvalue weighted by Gasteiger charge is 1.99. The molecule has 0 aliphatic heterocycles. The van der Waals surface area contributed by atoms with E-state index in [9.17, 15) is 0 Å². The van der Waals surface area contributed by atoms with E-state index >= 15 is 0 Å². The fourth-order valence-electron chi connectivity index (χ4n) is 1.17. The molecule has 0 aliphatic rings. The van der Waals surface area contributed by atoms with Crippen molar-refractivity contribution >= 4 is 6.08 Å². The fourth-order valence-corrected chi connectivity index (χ4v) is 1.17. The third kappa shape index (κ3) is 4.46. The Morgan fingerprint density at radius 3 is 2.73 bits per heavy atom. The molecule has 0 heterocycles. The van der Waals surface area contributed by atoms with Crippen molar-refractivity contribution in [2.75, 3.05) is 13.2 Å². The molecule has 0 saturated carbocycles. The van der Waals surface area contributed by atoms with Crippen molar-refractivity contribution in [3.8, 4) is 12.3 Å². The molecule has 1 rings (SSSR count). The molecule has 2 nitrogen and oxygen atoms in total. The molecule has 0 aromatic heterocycles. The van der Waals surface area contributed by atoms with Crippen molar-refractivity contribution < 1.29 is 5.11 Å². The monoisotopic (exact) mass is 201 g/mol. The van der Waals surface area contributed by atoms with Crippen LogP contribution in [0.1, 0.15) is 5.56 Å². The fraction of sp³-hybridized carbons (Fsp3) is 0.231. The Morgan fingerprint density at radius 1 is 1.40 bits per heavy atom. The minimum absolute atomic E-state index is 0.0466. The number of nitrogens with one attached hydrogen (secondary N) is 1. The van der Waals surface area contributed by atoms with E-state index in [0.29, 0.717) is 6.54 Å². The number of rotatable bonds is 5. The van der Waals surface area contributed by atoms with Gasteiger partial charge in [0.15, 0.2) is 0 Å². The van der Waals surface area contributed by atoms with Crippen LogP contribution in [-0.4, -0.2) is 24.3 Å². The van der Waals surface area contributed by atoms with E-state index in [2.05, 4.69) is 11.2 Å². The van der Waals surface area contributed by atoms with Crippen molar-refractivity contribution in [3.63, 3.8) is 0 Å². The number of aliphatic hydroxyl groups is 1. The van der Waals surface area contributed by atoms with Gasteiger partial charge in [-0.3, -0.25) is 5.32 Å². The van der Waals surface area contributed by atoms with E-state index in [1.165, 1.54) is 0 Å². The summed E-state index contributed by atoms with van der Waals surface area (Å²) in [6, 6.07) is 9.85. The van der Waals surface area contributed by atoms with Gasteiger partial charge in [-0.1, -0.05) is 48.4 Å². The lowest BCUT2D eigenvalue weighted by atomic mass is 10.2. The maximum absolute atomic E-state index is 9.05. The van der Waals surface area contributed by atoms with Crippen LogP contribution in [0.5, 0.6) is 0 Å². The van der Waals surface area contributed by atoms with E-state index in [1.807, 2.05) is 42.5 Å². The maximum atomic E-state index is 9.05. The lowest BCUT2D eigenvalue weighted by molar-refractivity contribution is 0.268. The van der Waals surface area contributed by atoms with Crippen LogP contribution >= 0.6 is 0 Å². The number of hydrogen-bond donors (Lipinski definition) is 2. The Morgan fingerprint density at radius 2 is 2.13 bits per heavy atom. The molecule has 1 atom stereocenters. The molecule has 0 amide bonds. The smallest absolute Gasteiger partial charge is 0.0620 e. The van der Waals surface area contributed by atoms with Gasteiger partial charge in [0.05, 0.1) is 13.2 Å². The Bertz CT molecular complexity index is 337. The Labute approximate surface area is 90.6 Å². The second-order valence-electron chi connectivity index (χ2n) is 3.14. The molecule has 0 saturated heterocycles. The van der Waals surface area contributed by atoms with Gasteiger partial charge >= 0.3 is 0 Å². The lowest BCUT2D eigenvalue weighted by Crippen LogP contribution is -2.30. The van der Waals surface area contributed by atoms with Gasteiger partial charge in [0, 0.05) is 6.04 Å². The second kappa shape index (κ2) is 6.83. The zero-order valence-electron chi connectivity index (χ0n) is 8.56. The van der Waals surface area contributed by atoms with Crippen LogP contribution in [0.25, 0.3) is 6.08 Å². The summed E-state index contributed by atoms with van der Waals surface area (Å²) in [5.74, 6) is 2.47. The molecular weight excluding hydrogens is 186 g/mol. The molecule has 0 spiro atoms. The Kier molecular flexibility index (Phi) is 5.24. The summed E-state index contributed by atoms with van der Waals surface area (Å²) in [5.41, 5.74) is 1.11. The van der Waals surface area contributed by atoms with E-state index in [4.69, 9.17) is 11.5 Å². The van der Waals surface area contributed by atoms with Crippen LogP contribution in [-0.2, 0) is 0 Å². The maximum Gasteiger partial charge on any atom is 0.0620 e. The van der Waals surface area contributed by atoms with Gasteiger partial charge in [-0.05, 0) is 5.56 Å². The molecule has 1 aromatic rings. The second-order valence-corrected chi connectivity index (χ2v) is 3.14. The molecule has 0 radical (unpaired) electrons. The predicted octanol–water partition coefficient (Wildman–Crippen LogP) is 1.28. The number of terminal acetylenes is 1. The van der Waals surface area contributed by atoms with Crippen LogP contribution in [0, 0.1) is 12.3 Å². The van der Waals surface area contributed by atoms with Crippen molar-refractivity contribution in [1.82, 2.24) is 5.32 Å². The van der Waals surface area contributed by atoms with Crippen LogP contribution < -0.4 is 5.32 Å². The van der Waals surface area contributed by atoms with Crippen LogP contribution in [0.3, 0.4) is 0 Å². The zero-order valence-corrected chi connectivity index (χ0v) is 8.56. The number of hydrogen-bond acceptors (Lipinski definition) is 2. The highest BCUT2D eigenvalue weighted by molar-refractivity contribution is 5.49. The average molecular weight is 201 g/mol. The third-order valence-corrected chi connectivity index (χ3v) is 1.98. The van der Waals surface area contributed by atoms with Gasteiger partial charge in [0.25, 0.3) is 0 Å². The summed E-state index contributed by atoms with van der Waals surface area (Å²) in [6.07, 6.45) is 8.99. The first-order chi connectivity index (χ1) is 7.36. The van der Waals surface area contributed by atoms with Crippen LogP contribution in [0.15, 0.2) is 36.4 Å². The normalized spacial score (nSPS) is 12.5. The first-order valence-corrected chi connectivity index (χ1v) is 4.87. The Balaban J connectivity index is 2.52. The topological polar surface area (TPSA) is 32.3 Å². The van der Waals surface area contributed by atoms with Crippen molar-refractivity contribution in [3.05, 3.63) is 42.0 Å². The molecule has 78 valence electrons. The molecular formula is C13H15NO. The van der Waals surface area contributed by atoms with Gasteiger partial charge < -0.3 is 5.11 Å². The van der Waals surface area contributed by atoms with E-state index in [-0.39, 0.29) is 12.6 Å². The largest absolute Gasteiger partial charge is 0.394 e. The van der Waals surface area contributed by atoms with Crippen LogP contribution in [0.2, 0.25) is 0 Å². The molecule has 1 unspecified atom stereocenters. The van der Waals surface area contributed by atoms with E-state index < -0.39 is 0 Å². The molecule has 2 N–H and O–H groups in total. The summed E-state index contributed by atoms with van der Waals surface area (Å²) in [5, 5.41) is 12.1. The van der Waals surface area contributed by atoms with Crippen molar-refractivity contribution in [2.24, 2.45) is 0 Å². The van der Waals surface area contributed by atoms with Gasteiger partial charge in [-0.25, -0.2) is 0 Å². The van der Waals surface area contributed by atoms with E-state index in [0.717, 1.165) is 5.56 Å². The minimum atomic E-state index is -0.0822. The summed E-state index contributed by atoms with van der Waals surface area (Å²) >= 11 is 0.